The first-order valence-electron chi connectivity index (χ1n) is 27.5. The highest BCUT2D eigenvalue weighted by molar-refractivity contribution is 6.17. The molecule has 6 N–H and O–H groups in total. The Morgan fingerprint density at radius 1 is 0.531 bits per heavy atom. The van der Waals surface area contributed by atoms with Gasteiger partial charge in [-0.2, -0.15) is 5.10 Å². The highest BCUT2D eigenvalue weighted by Crippen LogP contribution is 2.33. The van der Waals surface area contributed by atoms with Crippen LogP contribution in [0.25, 0.3) is 32.6 Å². The van der Waals surface area contributed by atoms with Crippen molar-refractivity contribution in [3.8, 4) is 0 Å². The molecule has 0 aliphatic carbocycles. The number of aromatic nitrogens is 6. The average Bonchev–Trinajstić information content (AvgIpc) is 1.50. The quantitative estimate of drug-likeness (QED) is 0.0160. The minimum absolute atomic E-state index is 0.0341. The Morgan fingerprint density at radius 2 is 0.990 bits per heavy atom. The van der Waals surface area contributed by atoms with Gasteiger partial charge in [-0.25, -0.2) is 58.4 Å². The van der Waals surface area contributed by atoms with E-state index in [0.717, 1.165) is 49.7 Å². The molecule has 5 heterocycles. The number of ether oxygens (including phenoxy) is 7. The van der Waals surface area contributed by atoms with Crippen LogP contribution < -0.4 is 27.7 Å². The number of benzene rings is 6. The molecule has 0 bridgehead atoms. The zero-order valence-corrected chi connectivity index (χ0v) is 52.4. The van der Waals surface area contributed by atoms with E-state index in [1.807, 2.05) is 26.0 Å². The number of aliphatic imine (C=N–C) groups is 1. The van der Waals surface area contributed by atoms with Crippen LogP contribution in [0.2, 0.25) is 0 Å². The fourth-order valence-corrected chi connectivity index (χ4v) is 9.00. The summed E-state index contributed by atoms with van der Waals surface area (Å²) in [4.78, 5) is 164. The van der Waals surface area contributed by atoms with Gasteiger partial charge in [0.25, 0.3) is 28.1 Å². The molecule has 3 aromatic heterocycles. The van der Waals surface area contributed by atoms with Crippen molar-refractivity contribution < 1.29 is 81.4 Å². The van der Waals surface area contributed by atoms with Crippen LogP contribution in [0.4, 0.5) is 28.6 Å². The number of methoxy groups -OCH3 is 6. The van der Waals surface area contributed by atoms with Crippen molar-refractivity contribution in [1.29, 1.82) is 0 Å². The SMILES string of the molecule is CCC1=Nc2n[nH]c(=O)c3cccc(c23)N1.CCc1nc2cccc(C(=O)OC)c2c(=O)[nH]1.COC(=O)c1cccc(N)c1C(=O)OC.COC(=O)c1cccc([N+](=O)[O-])c1C(=O)OC.COC(=O)c1cccc2nc(CCl)[nH]c(=O)c12.O=C1OC(=O)c2c1cccc2[N+](=O)[O-]. The molecule has 0 amide bonds. The number of hydrogen-bond acceptors (Lipinski definition) is 28. The molecule has 0 saturated heterocycles. The van der Waals surface area contributed by atoms with Crippen molar-refractivity contribution in [2.45, 2.75) is 32.6 Å². The van der Waals surface area contributed by atoms with Gasteiger partial charge in [0.2, 0.25) is 0 Å². The van der Waals surface area contributed by atoms with E-state index in [2.05, 4.69) is 73.6 Å². The van der Waals surface area contributed by atoms with E-state index in [-0.39, 0.29) is 72.4 Å². The van der Waals surface area contributed by atoms with Crippen molar-refractivity contribution in [1.82, 2.24) is 30.1 Å². The van der Waals surface area contributed by atoms with Crippen LogP contribution in [0, 0.1) is 20.2 Å². The number of nitro groups is 2. The Kier molecular flexibility index (Phi) is 24.7. The standard InChI is InChI=1S/C12H12N2O3.C11H9ClN2O3.C11H10N4O.C10H9NO6.C10H11NO4.C8H3NO5/c1-3-9-13-8-6-4-5-7(12(16)17-2)10(8)11(15)14-9;1-17-11(16)6-3-2-4-7-9(6)10(15)14-8(5-12)13-7;1-2-8-12-7-5-3-4-6-9(7)10(13-8)14-15-11(6)16;1-16-9(12)6-4-3-5-7(11(14)15)8(6)10(13)17-2;1-14-9(12)6-4-3-5-7(11)8(6)10(13)15-2;10-7-4-2-1-3-5(9(12)13)6(4)8(11)14-7/h4-6H,3H2,1-2H3,(H,13,14,15);2-4H,5H2,1H3,(H,13,14,15);3-5H,2H2,1H3,(H,15,16)(H,12,13,14);3-5H,1-2H3;3-5H,11H2,1-2H3;1-3H. The Morgan fingerprint density at radius 3 is 1.51 bits per heavy atom. The van der Waals surface area contributed by atoms with E-state index in [1.54, 1.807) is 42.5 Å². The lowest BCUT2D eigenvalue weighted by Gasteiger charge is -2.16. The van der Waals surface area contributed by atoms with Crippen LogP contribution in [0.5, 0.6) is 0 Å². The third-order valence-corrected chi connectivity index (χ3v) is 13.5. The highest BCUT2D eigenvalue weighted by Gasteiger charge is 2.37. The Hall–Kier alpha value is -12.9. The van der Waals surface area contributed by atoms with Crippen LogP contribution in [0.3, 0.4) is 0 Å². The average molecular weight is 1340 g/mol. The molecule has 0 unspecified atom stereocenters. The molecule has 9 aromatic rings. The molecule has 496 valence electrons. The number of fused-ring (bicyclic) bond motifs is 3. The number of esters is 8. The van der Waals surface area contributed by atoms with Gasteiger partial charge in [-0.1, -0.05) is 50.2 Å². The highest BCUT2D eigenvalue weighted by atomic mass is 35.5. The second-order valence-electron chi connectivity index (χ2n) is 18.9. The number of carbonyl (C=O) groups is 8. The number of nitro benzene ring substituents is 2. The molecule has 0 fully saturated rings. The number of nitrogens with one attached hydrogen (secondary N) is 4. The first-order chi connectivity index (χ1) is 45.9. The van der Waals surface area contributed by atoms with Crippen LogP contribution in [-0.2, 0) is 45.5 Å². The van der Waals surface area contributed by atoms with E-state index in [1.165, 1.54) is 70.9 Å². The number of H-pyrrole nitrogens is 3. The number of aryl methyl sites for hydroxylation is 1. The number of nitrogens with two attached hydrogens (primary N) is 1. The maximum Gasteiger partial charge on any atom is 0.353 e. The summed E-state index contributed by atoms with van der Waals surface area (Å²) in [6.07, 6.45) is 1.43. The summed E-state index contributed by atoms with van der Waals surface area (Å²) in [6.45, 7) is 3.91. The van der Waals surface area contributed by atoms with Gasteiger partial charge in [0, 0.05) is 30.7 Å². The number of amidine groups is 1. The molecule has 34 heteroatoms. The molecule has 96 heavy (non-hydrogen) atoms. The fraction of sp³-hybridized carbons (Fsp3) is 0.177. The topological polar surface area (TPSA) is 475 Å². The first kappa shape index (κ1) is 72.1. The van der Waals surface area contributed by atoms with Gasteiger partial charge < -0.3 is 54.2 Å². The number of carbonyl (C=O) groups excluding carboxylic acids is 8. The number of nitrogens with zero attached hydrogens (tertiary/aromatic N) is 6. The smallest absolute Gasteiger partial charge is 0.353 e. The zero-order valence-electron chi connectivity index (χ0n) is 51.6. The van der Waals surface area contributed by atoms with E-state index in [4.69, 9.17) is 17.3 Å². The van der Waals surface area contributed by atoms with E-state index in [9.17, 15) is 73.0 Å². The van der Waals surface area contributed by atoms with E-state index in [0.29, 0.717) is 40.3 Å². The van der Waals surface area contributed by atoms with Crippen molar-refractivity contribution in [3.63, 3.8) is 0 Å². The lowest BCUT2D eigenvalue weighted by atomic mass is 10.1. The summed E-state index contributed by atoms with van der Waals surface area (Å²) in [5.41, 5.74) is 5.45. The third-order valence-electron chi connectivity index (χ3n) is 13.3. The first-order valence-corrected chi connectivity index (χ1v) is 28.1. The summed E-state index contributed by atoms with van der Waals surface area (Å²) in [5.74, 6) is -3.47. The summed E-state index contributed by atoms with van der Waals surface area (Å²) in [6, 6.07) is 27.3. The number of nitrogen functional groups attached to an aromatic ring is 1. The number of alkyl halides is 1. The van der Waals surface area contributed by atoms with E-state index < -0.39 is 80.1 Å². The third kappa shape index (κ3) is 16.4. The lowest BCUT2D eigenvalue weighted by Crippen LogP contribution is -2.17. The molecule has 0 saturated carbocycles. The fourth-order valence-electron chi connectivity index (χ4n) is 8.87. The summed E-state index contributed by atoms with van der Waals surface area (Å²) in [7, 11) is 7.17. The van der Waals surface area contributed by atoms with Crippen LogP contribution in [-0.4, -0.2) is 136 Å². The zero-order chi connectivity index (χ0) is 70.7. The van der Waals surface area contributed by atoms with Crippen LogP contribution >= 0.6 is 11.6 Å². The molecule has 0 atom stereocenters. The van der Waals surface area contributed by atoms with Gasteiger partial charge in [-0.3, -0.25) is 34.6 Å². The normalized spacial score (nSPS) is 11.1. The molecule has 0 radical (unpaired) electrons. The lowest BCUT2D eigenvalue weighted by molar-refractivity contribution is -0.385. The maximum atomic E-state index is 11.9. The molecule has 2 aliphatic heterocycles. The number of aromatic amines is 3. The van der Waals surface area contributed by atoms with Crippen molar-refractivity contribution in [2.24, 2.45) is 4.99 Å². The van der Waals surface area contributed by atoms with Gasteiger partial charge in [-0.05, 0) is 60.7 Å². The van der Waals surface area contributed by atoms with Crippen LogP contribution in [0.15, 0.2) is 129 Å². The Balaban J connectivity index is 0.000000182. The largest absolute Gasteiger partial charge is 0.465 e. The Bertz CT molecular complexity index is 4700. The van der Waals surface area contributed by atoms with Gasteiger partial charge in [0.05, 0.1) is 130 Å². The molecule has 2 aliphatic rings. The van der Waals surface area contributed by atoms with Crippen molar-refractivity contribution in [3.05, 3.63) is 217 Å². The van der Waals surface area contributed by atoms with Gasteiger partial charge in [0.15, 0.2) is 16.9 Å². The Labute approximate surface area is 543 Å². The second kappa shape index (κ2) is 32.9. The summed E-state index contributed by atoms with van der Waals surface area (Å²) in [5, 5.41) is 32.8. The van der Waals surface area contributed by atoms with Gasteiger partial charge in [-0.15, -0.1) is 11.6 Å². The van der Waals surface area contributed by atoms with Crippen LogP contribution in [0.1, 0.15) is 115 Å². The molecule has 6 aromatic carbocycles. The molecule has 0 spiro atoms. The minimum atomic E-state index is -0.961. The van der Waals surface area contributed by atoms with E-state index >= 15 is 0 Å². The molecular formula is C62H54ClN11O22. The maximum absolute atomic E-state index is 11.9. The number of rotatable bonds is 11. The van der Waals surface area contributed by atoms with Gasteiger partial charge in [0.1, 0.15) is 17.5 Å². The summed E-state index contributed by atoms with van der Waals surface area (Å²) < 4.78 is 31.4. The predicted octanol–water partition coefficient (Wildman–Crippen LogP) is 7.42. The number of hydrogen-bond donors (Lipinski definition) is 5. The summed E-state index contributed by atoms with van der Waals surface area (Å²) >= 11 is 5.60. The number of cyclic esters (lactones) is 2. The molecule has 33 nitrogen and oxygen atoms in total. The minimum Gasteiger partial charge on any atom is -0.465 e. The van der Waals surface area contributed by atoms with Gasteiger partial charge >= 0.3 is 47.8 Å². The molecular weight excluding hydrogens is 1290 g/mol. The van der Waals surface area contributed by atoms with Crippen molar-refractivity contribution >= 4 is 126 Å². The predicted molar refractivity (Wildman–Crippen MR) is 342 cm³/mol. The number of anilines is 2. The second-order valence-corrected chi connectivity index (χ2v) is 19.1. The molecule has 11 rings (SSSR count). The number of halogens is 1. The van der Waals surface area contributed by atoms with Crippen molar-refractivity contribution in [2.75, 3.05) is 53.7 Å². The monoisotopic (exact) mass is 1340 g/mol.